The van der Waals surface area contributed by atoms with Crippen LogP contribution in [0.5, 0.6) is 0 Å². The minimum absolute atomic E-state index is 0.0174. The van der Waals surface area contributed by atoms with E-state index in [0.29, 0.717) is 12.8 Å². The van der Waals surface area contributed by atoms with Gasteiger partial charge in [0.25, 0.3) is 0 Å². The standard InChI is InChI=1S/C14H21N3O2/c1-10-5-4-6-12(7-10)9-14(18)17(3)11(2)8-13(15)16-19/h4-7,11,19H,8-9H2,1-3H3,(H2,15,16). The van der Waals surface area contributed by atoms with E-state index in [4.69, 9.17) is 10.9 Å². The maximum atomic E-state index is 12.1. The summed E-state index contributed by atoms with van der Waals surface area (Å²) in [4.78, 5) is 13.7. The molecule has 0 saturated heterocycles. The molecule has 104 valence electrons. The highest BCUT2D eigenvalue weighted by atomic mass is 16.4. The van der Waals surface area contributed by atoms with E-state index < -0.39 is 0 Å². The van der Waals surface area contributed by atoms with Crippen LogP contribution in [0.2, 0.25) is 0 Å². The number of amides is 1. The van der Waals surface area contributed by atoms with E-state index in [9.17, 15) is 4.79 Å². The molecule has 0 aliphatic rings. The first kappa shape index (κ1) is 15.0. The molecule has 0 aliphatic carbocycles. The van der Waals surface area contributed by atoms with Crippen molar-refractivity contribution in [2.45, 2.75) is 32.7 Å². The van der Waals surface area contributed by atoms with Gasteiger partial charge in [0.05, 0.1) is 6.42 Å². The van der Waals surface area contributed by atoms with Crippen molar-refractivity contribution in [2.24, 2.45) is 10.9 Å². The third-order valence-electron chi connectivity index (χ3n) is 3.13. The van der Waals surface area contributed by atoms with Gasteiger partial charge in [0.1, 0.15) is 5.84 Å². The monoisotopic (exact) mass is 263 g/mol. The molecule has 0 bridgehead atoms. The van der Waals surface area contributed by atoms with Crippen molar-refractivity contribution in [1.29, 1.82) is 0 Å². The number of aryl methyl sites for hydroxylation is 1. The average molecular weight is 263 g/mol. The summed E-state index contributed by atoms with van der Waals surface area (Å²) in [6, 6.07) is 7.77. The van der Waals surface area contributed by atoms with Gasteiger partial charge in [-0.2, -0.15) is 0 Å². The summed E-state index contributed by atoms with van der Waals surface area (Å²) >= 11 is 0. The van der Waals surface area contributed by atoms with Crippen LogP contribution in [0.1, 0.15) is 24.5 Å². The molecular formula is C14H21N3O2. The highest BCUT2D eigenvalue weighted by Gasteiger charge is 2.17. The topological polar surface area (TPSA) is 78.9 Å². The van der Waals surface area contributed by atoms with Crippen molar-refractivity contribution in [3.63, 3.8) is 0 Å². The van der Waals surface area contributed by atoms with Gasteiger partial charge in [0, 0.05) is 19.5 Å². The van der Waals surface area contributed by atoms with E-state index in [0.717, 1.165) is 11.1 Å². The number of nitrogens with two attached hydrogens (primary N) is 1. The molecule has 0 aliphatic heterocycles. The van der Waals surface area contributed by atoms with Crippen molar-refractivity contribution in [2.75, 3.05) is 7.05 Å². The largest absolute Gasteiger partial charge is 0.409 e. The average Bonchev–Trinajstić information content (AvgIpc) is 2.37. The van der Waals surface area contributed by atoms with Crippen molar-refractivity contribution in [3.05, 3.63) is 35.4 Å². The molecule has 1 aromatic rings. The molecular weight excluding hydrogens is 242 g/mol. The van der Waals surface area contributed by atoms with Crippen LogP contribution in [0.3, 0.4) is 0 Å². The molecule has 0 spiro atoms. The zero-order valence-electron chi connectivity index (χ0n) is 11.6. The van der Waals surface area contributed by atoms with E-state index in [1.807, 2.05) is 38.1 Å². The first-order valence-corrected chi connectivity index (χ1v) is 6.21. The number of likely N-dealkylation sites (N-methyl/N-ethyl adjacent to an activating group) is 1. The smallest absolute Gasteiger partial charge is 0.226 e. The second kappa shape index (κ2) is 6.78. The fourth-order valence-corrected chi connectivity index (χ4v) is 1.85. The van der Waals surface area contributed by atoms with Crippen LogP contribution in [0.4, 0.5) is 0 Å². The van der Waals surface area contributed by atoms with Gasteiger partial charge in [-0.15, -0.1) is 0 Å². The van der Waals surface area contributed by atoms with Crippen LogP contribution < -0.4 is 5.73 Å². The van der Waals surface area contributed by atoms with Gasteiger partial charge in [-0.3, -0.25) is 4.79 Å². The lowest BCUT2D eigenvalue weighted by atomic mass is 10.1. The molecule has 1 aromatic carbocycles. The number of oxime groups is 1. The van der Waals surface area contributed by atoms with Crippen molar-refractivity contribution in [1.82, 2.24) is 4.90 Å². The molecule has 3 N–H and O–H groups in total. The van der Waals surface area contributed by atoms with E-state index >= 15 is 0 Å². The number of carbonyl (C=O) groups excluding carboxylic acids is 1. The molecule has 19 heavy (non-hydrogen) atoms. The Morgan fingerprint density at radius 1 is 1.53 bits per heavy atom. The number of rotatable bonds is 5. The Hall–Kier alpha value is -2.04. The van der Waals surface area contributed by atoms with Gasteiger partial charge in [-0.05, 0) is 19.4 Å². The first-order valence-electron chi connectivity index (χ1n) is 6.21. The van der Waals surface area contributed by atoms with Crippen LogP contribution >= 0.6 is 0 Å². The minimum atomic E-state index is -0.104. The maximum absolute atomic E-state index is 12.1. The molecule has 1 rings (SSSR count). The lowest BCUT2D eigenvalue weighted by Crippen LogP contribution is -2.38. The summed E-state index contributed by atoms with van der Waals surface area (Å²) in [5.41, 5.74) is 7.58. The zero-order valence-corrected chi connectivity index (χ0v) is 11.6. The Morgan fingerprint density at radius 3 is 2.79 bits per heavy atom. The molecule has 0 aromatic heterocycles. The number of amidine groups is 1. The van der Waals surface area contributed by atoms with Crippen molar-refractivity contribution in [3.8, 4) is 0 Å². The Bertz CT molecular complexity index is 472. The van der Waals surface area contributed by atoms with Crippen molar-refractivity contribution < 1.29 is 10.0 Å². The third kappa shape index (κ3) is 4.62. The lowest BCUT2D eigenvalue weighted by Gasteiger charge is -2.24. The lowest BCUT2D eigenvalue weighted by molar-refractivity contribution is -0.130. The summed E-state index contributed by atoms with van der Waals surface area (Å²) in [6.07, 6.45) is 0.714. The summed E-state index contributed by atoms with van der Waals surface area (Å²) in [5, 5.41) is 11.5. The molecule has 1 atom stereocenters. The predicted octanol–water partition coefficient (Wildman–Crippen LogP) is 1.52. The molecule has 5 nitrogen and oxygen atoms in total. The molecule has 5 heteroatoms. The third-order valence-corrected chi connectivity index (χ3v) is 3.13. The second-order valence-electron chi connectivity index (χ2n) is 4.81. The van der Waals surface area contributed by atoms with Gasteiger partial charge in [0.15, 0.2) is 0 Å². The normalized spacial score (nSPS) is 13.1. The zero-order chi connectivity index (χ0) is 14.4. The van der Waals surface area contributed by atoms with Gasteiger partial charge in [-0.1, -0.05) is 35.0 Å². The highest BCUT2D eigenvalue weighted by molar-refractivity contribution is 5.82. The van der Waals surface area contributed by atoms with E-state index in [-0.39, 0.29) is 17.8 Å². The maximum Gasteiger partial charge on any atom is 0.226 e. The SMILES string of the molecule is Cc1cccc(CC(=O)N(C)C(C)CC(N)=NO)c1. The molecule has 0 heterocycles. The van der Waals surface area contributed by atoms with E-state index in [1.165, 1.54) is 0 Å². The summed E-state index contributed by atoms with van der Waals surface area (Å²) < 4.78 is 0. The summed E-state index contributed by atoms with van der Waals surface area (Å²) in [7, 11) is 1.73. The number of hydrogen-bond donors (Lipinski definition) is 2. The van der Waals surface area contributed by atoms with Crippen LogP contribution in [0, 0.1) is 6.92 Å². The van der Waals surface area contributed by atoms with E-state index in [1.54, 1.807) is 11.9 Å². The van der Waals surface area contributed by atoms with Gasteiger partial charge < -0.3 is 15.8 Å². The molecule has 0 radical (unpaired) electrons. The Kier molecular flexibility index (Phi) is 5.36. The van der Waals surface area contributed by atoms with E-state index in [2.05, 4.69) is 5.16 Å². The molecule has 0 saturated carbocycles. The molecule has 0 fully saturated rings. The number of carbonyl (C=O) groups is 1. The van der Waals surface area contributed by atoms with Gasteiger partial charge in [-0.25, -0.2) is 0 Å². The minimum Gasteiger partial charge on any atom is -0.409 e. The number of nitrogens with zero attached hydrogens (tertiary/aromatic N) is 2. The Labute approximate surface area is 113 Å². The highest BCUT2D eigenvalue weighted by Crippen LogP contribution is 2.09. The van der Waals surface area contributed by atoms with Crippen molar-refractivity contribution >= 4 is 11.7 Å². The second-order valence-corrected chi connectivity index (χ2v) is 4.81. The summed E-state index contributed by atoms with van der Waals surface area (Å²) in [6.45, 7) is 3.87. The molecule has 1 unspecified atom stereocenters. The fourth-order valence-electron chi connectivity index (χ4n) is 1.85. The van der Waals surface area contributed by atoms with Crippen LogP contribution in [0.15, 0.2) is 29.4 Å². The predicted molar refractivity (Wildman–Crippen MR) is 75.1 cm³/mol. The first-order chi connectivity index (χ1) is 8.93. The Balaban J connectivity index is 2.62. The quantitative estimate of drug-likeness (QED) is 0.366. The molecule has 1 amide bonds. The van der Waals surface area contributed by atoms with Crippen LogP contribution in [-0.2, 0) is 11.2 Å². The number of hydrogen-bond acceptors (Lipinski definition) is 3. The van der Waals surface area contributed by atoms with Crippen LogP contribution in [0.25, 0.3) is 0 Å². The number of benzene rings is 1. The van der Waals surface area contributed by atoms with Gasteiger partial charge in [0.2, 0.25) is 5.91 Å². The van der Waals surface area contributed by atoms with Crippen LogP contribution in [-0.4, -0.2) is 34.9 Å². The fraction of sp³-hybridized carbons (Fsp3) is 0.429. The Morgan fingerprint density at radius 2 is 2.21 bits per heavy atom. The summed E-state index contributed by atoms with van der Waals surface area (Å²) in [5.74, 6) is 0.145. The van der Waals surface area contributed by atoms with Gasteiger partial charge >= 0.3 is 0 Å².